The molecule has 0 bridgehead atoms. The van der Waals surface area contributed by atoms with Crippen molar-refractivity contribution in [3.05, 3.63) is 10.1 Å². The molecule has 0 fully saturated rings. The lowest BCUT2D eigenvalue weighted by Gasteiger charge is -2.02. The molecule has 0 rings (SSSR count). The van der Waals surface area contributed by atoms with Crippen LogP contribution in [0.25, 0.3) is 0 Å². The number of thioether (sulfide) groups is 1. The topological polar surface area (TPSA) is 127 Å². The summed E-state index contributed by atoms with van der Waals surface area (Å²) in [6, 6.07) is -0.683. The van der Waals surface area contributed by atoms with Gasteiger partial charge < -0.3 is 16.0 Å². The first kappa shape index (κ1) is 14.5. The number of aliphatic carboxylic acids is 1. The molecule has 0 amide bonds. The molecule has 0 aliphatic rings. The van der Waals surface area contributed by atoms with Gasteiger partial charge in [0.2, 0.25) is 0 Å². The Balaban J connectivity index is 0. The van der Waals surface area contributed by atoms with E-state index in [-0.39, 0.29) is 0 Å². The zero-order valence-corrected chi connectivity index (χ0v) is 7.86. The maximum Gasteiger partial charge on any atom is 0.320 e. The van der Waals surface area contributed by atoms with Gasteiger partial charge in [0.1, 0.15) is 6.04 Å². The van der Waals surface area contributed by atoms with Gasteiger partial charge in [-0.15, -0.1) is 10.1 Å². The molecule has 0 saturated carbocycles. The van der Waals surface area contributed by atoms with Gasteiger partial charge in [0.15, 0.2) is 0 Å². The summed E-state index contributed by atoms with van der Waals surface area (Å²) in [4.78, 5) is 18.4. The van der Waals surface area contributed by atoms with E-state index in [4.69, 9.17) is 26.2 Å². The van der Waals surface area contributed by atoms with Gasteiger partial charge >= 0.3 is 5.97 Å². The van der Waals surface area contributed by atoms with Crippen LogP contribution in [0.4, 0.5) is 0 Å². The second-order valence-corrected chi connectivity index (χ2v) is 2.95. The fourth-order valence-corrected chi connectivity index (χ4v) is 0.858. The number of nitrogens with zero attached hydrogens (tertiary/aromatic N) is 1. The van der Waals surface area contributed by atoms with Gasteiger partial charge in [0, 0.05) is 0 Å². The third kappa shape index (κ3) is 18.2. The van der Waals surface area contributed by atoms with E-state index in [1.807, 2.05) is 6.26 Å². The van der Waals surface area contributed by atoms with E-state index in [0.29, 0.717) is 6.42 Å². The minimum atomic E-state index is -1.50. The normalized spacial score (nSPS) is 10.9. The maximum absolute atomic E-state index is 10.1. The Morgan fingerprint density at radius 2 is 2.15 bits per heavy atom. The predicted octanol–water partition coefficient (Wildman–Crippen LogP) is -0.196. The number of hydrogen-bond donors (Lipinski definition) is 3. The van der Waals surface area contributed by atoms with Gasteiger partial charge in [-0.1, -0.05) is 0 Å². The molecule has 7 nitrogen and oxygen atoms in total. The number of carboxylic acids is 1. The molecule has 0 aliphatic heterocycles. The molecule has 78 valence electrons. The van der Waals surface area contributed by atoms with Crippen molar-refractivity contribution in [2.75, 3.05) is 12.0 Å². The van der Waals surface area contributed by atoms with Crippen LogP contribution in [0.1, 0.15) is 6.42 Å². The van der Waals surface area contributed by atoms with E-state index in [1.165, 1.54) is 0 Å². The molecule has 8 heteroatoms. The summed E-state index contributed by atoms with van der Waals surface area (Å²) in [5.74, 6) is -0.1000. The third-order valence-electron chi connectivity index (χ3n) is 0.950. The van der Waals surface area contributed by atoms with Crippen molar-refractivity contribution in [3.8, 4) is 0 Å². The second kappa shape index (κ2) is 9.07. The molecule has 1 atom stereocenters. The number of hydrogen-bond acceptors (Lipinski definition) is 5. The summed E-state index contributed by atoms with van der Waals surface area (Å²) < 4.78 is 0. The summed E-state index contributed by atoms with van der Waals surface area (Å²) >= 11 is 1.60. The number of carboxylic acid groups (broad SMARTS) is 1. The first-order chi connectivity index (χ1) is 5.91. The molecule has 0 heterocycles. The van der Waals surface area contributed by atoms with Crippen LogP contribution in [0.2, 0.25) is 0 Å². The van der Waals surface area contributed by atoms with Crippen LogP contribution in [0, 0.1) is 10.1 Å². The van der Waals surface area contributed by atoms with Crippen LogP contribution >= 0.6 is 11.8 Å². The number of rotatable bonds is 4. The van der Waals surface area contributed by atoms with Crippen molar-refractivity contribution in [2.24, 2.45) is 5.73 Å². The molecule has 0 aromatic carbocycles. The number of nitrogens with two attached hydrogens (primary N) is 1. The van der Waals surface area contributed by atoms with E-state index < -0.39 is 17.1 Å². The van der Waals surface area contributed by atoms with Crippen molar-refractivity contribution in [1.29, 1.82) is 0 Å². The van der Waals surface area contributed by atoms with Crippen molar-refractivity contribution < 1.29 is 20.2 Å². The Labute approximate surface area is 79.0 Å². The standard InChI is InChI=1S/C5H11NO2S.HNO3/c1-9-3-2-4(6)5(7)8;2-1(3)4/h4H,2-3,6H2,1H3,(H,7,8);(H,2,3,4). The van der Waals surface area contributed by atoms with Crippen LogP contribution in [-0.2, 0) is 4.79 Å². The van der Waals surface area contributed by atoms with Gasteiger partial charge in [0.25, 0.3) is 5.09 Å². The van der Waals surface area contributed by atoms with Gasteiger partial charge in [-0.2, -0.15) is 11.8 Å². The van der Waals surface area contributed by atoms with Crippen LogP contribution in [0.5, 0.6) is 0 Å². The molecular formula is C5H12N2O5S. The predicted molar refractivity (Wildman–Crippen MR) is 47.4 cm³/mol. The van der Waals surface area contributed by atoms with E-state index in [0.717, 1.165) is 5.75 Å². The average molecular weight is 212 g/mol. The smallest absolute Gasteiger partial charge is 0.320 e. The highest BCUT2D eigenvalue weighted by Crippen LogP contribution is 1.97. The van der Waals surface area contributed by atoms with E-state index >= 15 is 0 Å². The average Bonchev–Trinajstić information content (AvgIpc) is 1.98. The first-order valence-electron chi connectivity index (χ1n) is 3.22. The highest BCUT2D eigenvalue weighted by Gasteiger charge is 2.08. The zero-order chi connectivity index (χ0) is 10.9. The summed E-state index contributed by atoms with van der Waals surface area (Å²) in [6.45, 7) is 0. The molecule has 0 aromatic rings. The van der Waals surface area contributed by atoms with E-state index in [2.05, 4.69) is 0 Å². The molecule has 0 aromatic heterocycles. The first-order valence-corrected chi connectivity index (χ1v) is 4.61. The molecule has 0 aliphatic carbocycles. The summed E-state index contributed by atoms with van der Waals surface area (Å²) in [6.07, 6.45) is 2.48. The van der Waals surface area contributed by atoms with E-state index in [9.17, 15) is 4.79 Å². The van der Waals surface area contributed by atoms with Crippen LogP contribution < -0.4 is 5.73 Å². The molecule has 0 spiro atoms. The Morgan fingerprint density at radius 1 is 1.77 bits per heavy atom. The number of carbonyl (C=O) groups is 1. The molecule has 4 N–H and O–H groups in total. The van der Waals surface area contributed by atoms with Crippen LogP contribution in [0.15, 0.2) is 0 Å². The summed E-state index contributed by atoms with van der Waals surface area (Å²) in [7, 11) is 0. The van der Waals surface area contributed by atoms with Crippen molar-refractivity contribution in [2.45, 2.75) is 12.5 Å². The quantitative estimate of drug-likeness (QED) is 0.435. The minimum absolute atomic E-state index is 0.552. The fourth-order valence-electron chi connectivity index (χ4n) is 0.368. The van der Waals surface area contributed by atoms with Gasteiger partial charge in [0.05, 0.1) is 0 Å². The fraction of sp³-hybridized carbons (Fsp3) is 0.800. The monoisotopic (exact) mass is 212 g/mol. The largest absolute Gasteiger partial charge is 0.480 e. The van der Waals surface area contributed by atoms with Gasteiger partial charge in [-0.25, -0.2) is 0 Å². The zero-order valence-electron chi connectivity index (χ0n) is 7.04. The Kier molecular flexibility index (Phi) is 10.1. The lowest BCUT2D eigenvalue weighted by Crippen LogP contribution is -2.30. The third-order valence-corrected chi connectivity index (χ3v) is 1.59. The molecule has 13 heavy (non-hydrogen) atoms. The van der Waals surface area contributed by atoms with Crippen molar-refractivity contribution >= 4 is 17.7 Å². The maximum atomic E-state index is 10.1. The van der Waals surface area contributed by atoms with Crippen LogP contribution in [-0.4, -0.2) is 39.4 Å². The highest BCUT2D eigenvalue weighted by molar-refractivity contribution is 7.98. The molecular weight excluding hydrogens is 200 g/mol. The lowest BCUT2D eigenvalue weighted by atomic mass is 10.2. The van der Waals surface area contributed by atoms with Gasteiger partial charge in [-0.05, 0) is 18.4 Å². The SMILES string of the molecule is CSCCC(N)C(=O)O.O=[N+]([O-])O. The summed E-state index contributed by atoms with van der Waals surface area (Å²) in [5, 5.41) is 21.9. The van der Waals surface area contributed by atoms with Gasteiger partial charge in [-0.3, -0.25) is 4.79 Å². The van der Waals surface area contributed by atoms with E-state index in [1.54, 1.807) is 11.8 Å². The highest BCUT2D eigenvalue weighted by atomic mass is 32.2. The Hall–Kier alpha value is -1.02. The van der Waals surface area contributed by atoms with Crippen LogP contribution in [0.3, 0.4) is 0 Å². The van der Waals surface area contributed by atoms with Crippen molar-refractivity contribution in [1.82, 2.24) is 0 Å². The molecule has 0 radical (unpaired) electrons. The lowest BCUT2D eigenvalue weighted by molar-refractivity contribution is -0.742. The second-order valence-electron chi connectivity index (χ2n) is 1.96. The summed E-state index contributed by atoms with van der Waals surface area (Å²) in [5.41, 5.74) is 5.19. The molecule has 1 unspecified atom stereocenters. The molecule has 0 saturated heterocycles. The van der Waals surface area contributed by atoms with Crippen molar-refractivity contribution in [3.63, 3.8) is 0 Å². The Morgan fingerprint density at radius 3 is 2.38 bits per heavy atom. The Bertz CT molecular complexity index is 161. The minimum Gasteiger partial charge on any atom is -0.480 e.